The minimum Gasteiger partial charge on any atom is -0.393 e. The van der Waals surface area contributed by atoms with Crippen molar-refractivity contribution >= 4 is 5.78 Å². The van der Waals surface area contributed by atoms with Crippen LogP contribution in [0.4, 0.5) is 0 Å². The van der Waals surface area contributed by atoms with E-state index in [1.54, 1.807) is 0 Å². The van der Waals surface area contributed by atoms with Crippen LogP contribution >= 0.6 is 0 Å². The molecule has 102 valence electrons. The molecule has 19 heavy (non-hydrogen) atoms. The summed E-state index contributed by atoms with van der Waals surface area (Å²) in [5.74, 6) is 1.24. The summed E-state index contributed by atoms with van der Waals surface area (Å²) < 4.78 is 5.75. The van der Waals surface area contributed by atoms with Crippen LogP contribution in [-0.2, 0) is 16.1 Å². The Kier molecular flexibility index (Phi) is 3.67. The Bertz CT molecular complexity index is 443. The van der Waals surface area contributed by atoms with Crippen LogP contribution in [0, 0.1) is 17.8 Å². The van der Waals surface area contributed by atoms with Crippen molar-refractivity contribution in [2.24, 2.45) is 17.8 Å². The Morgan fingerprint density at radius 1 is 1.21 bits per heavy atom. The maximum atomic E-state index is 11.5. The normalized spacial score (nSPS) is 33.6. The van der Waals surface area contributed by atoms with E-state index in [1.807, 2.05) is 30.3 Å². The molecule has 3 nitrogen and oxygen atoms in total. The van der Waals surface area contributed by atoms with Crippen LogP contribution in [-0.4, -0.2) is 23.6 Å². The number of aliphatic hydroxyl groups is 1. The summed E-state index contributed by atoms with van der Waals surface area (Å²) in [5, 5.41) is 10.1. The first-order valence-corrected chi connectivity index (χ1v) is 7.05. The molecule has 0 saturated heterocycles. The highest BCUT2D eigenvalue weighted by atomic mass is 16.5. The molecule has 2 fully saturated rings. The SMILES string of the molecule is O=C1C[C@@H]2CC(O)C(COCc3ccccc3)[C@@H]2C1. The molecule has 0 spiro atoms. The molecule has 0 heterocycles. The molecular weight excluding hydrogens is 240 g/mol. The van der Waals surface area contributed by atoms with Crippen molar-refractivity contribution in [3.63, 3.8) is 0 Å². The third-order valence-electron chi connectivity index (χ3n) is 4.57. The van der Waals surface area contributed by atoms with Gasteiger partial charge in [-0.3, -0.25) is 4.79 Å². The summed E-state index contributed by atoms with van der Waals surface area (Å²) in [7, 11) is 0. The number of aliphatic hydroxyl groups excluding tert-OH is 1. The van der Waals surface area contributed by atoms with Gasteiger partial charge in [0.2, 0.25) is 0 Å². The van der Waals surface area contributed by atoms with Gasteiger partial charge >= 0.3 is 0 Å². The minimum absolute atomic E-state index is 0.139. The molecule has 2 aliphatic carbocycles. The van der Waals surface area contributed by atoms with Gasteiger partial charge in [0.15, 0.2) is 0 Å². The largest absolute Gasteiger partial charge is 0.393 e. The summed E-state index contributed by atoms with van der Waals surface area (Å²) in [6, 6.07) is 10.0. The fraction of sp³-hybridized carbons (Fsp3) is 0.562. The Hall–Kier alpha value is -1.19. The molecule has 1 aromatic carbocycles. The molecule has 4 atom stereocenters. The molecule has 3 heteroatoms. The van der Waals surface area contributed by atoms with Crippen molar-refractivity contribution in [1.82, 2.24) is 0 Å². The number of ketones is 1. The van der Waals surface area contributed by atoms with E-state index < -0.39 is 0 Å². The zero-order valence-corrected chi connectivity index (χ0v) is 11.0. The summed E-state index contributed by atoms with van der Waals surface area (Å²) in [4.78, 5) is 11.5. The number of ether oxygens (including phenoxy) is 1. The fourth-order valence-corrected chi connectivity index (χ4v) is 3.61. The van der Waals surface area contributed by atoms with E-state index in [1.165, 1.54) is 0 Å². The summed E-state index contributed by atoms with van der Waals surface area (Å²) >= 11 is 0. The number of hydrogen-bond donors (Lipinski definition) is 1. The monoisotopic (exact) mass is 260 g/mol. The van der Waals surface area contributed by atoms with Gasteiger partial charge in [-0.15, -0.1) is 0 Å². The number of carbonyl (C=O) groups is 1. The second-order valence-corrected chi connectivity index (χ2v) is 5.84. The third-order valence-corrected chi connectivity index (χ3v) is 4.57. The topological polar surface area (TPSA) is 46.5 Å². The van der Waals surface area contributed by atoms with Gasteiger partial charge in [0.25, 0.3) is 0 Å². The lowest BCUT2D eigenvalue weighted by Gasteiger charge is -2.20. The smallest absolute Gasteiger partial charge is 0.133 e. The van der Waals surface area contributed by atoms with Crippen molar-refractivity contribution < 1.29 is 14.6 Å². The van der Waals surface area contributed by atoms with Gasteiger partial charge in [-0.05, 0) is 23.8 Å². The molecular formula is C16H20O3. The summed E-state index contributed by atoms with van der Waals surface area (Å²) in [5.41, 5.74) is 1.15. The quantitative estimate of drug-likeness (QED) is 0.902. The highest BCUT2D eigenvalue weighted by Crippen LogP contribution is 2.46. The molecule has 2 saturated carbocycles. The highest BCUT2D eigenvalue weighted by molar-refractivity contribution is 5.81. The van der Waals surface area contributed by atoms with Crippen molar-refractivity contribution in [1.29, 1.82) is 0 Å². The molecule has 0 amide bonds. The van der Waals surface area contributed by atoms with Gasteiger partial charge in [-0.2, -0.15) is 0 Å². The first-order chi connectivity index (χ1) is 9.24. The lowest BCUT2D eigenvalue weighted by Crippen LogP contribution is -2.25. The van der Waals surface area contributed by atoms with E-state index in [2.05, 4.69) is 0 Å². The number of rotatable bonds is 4. The predicted molar refractivity (Wildman–Crippen MR) is 71.4 cm³/mol. The van der Waals surface area contributed by atoms with Gasteiger partial charge in [0, 0.05) is 18.8 Å². The standard InChI is InChI=1S/C16H20O3/c17-13-6-12-7-16(18)15(14(12)8-13)10-19-9-11-4-2-1-3-5-11/h1-5,12,14-16,18H,6-10H2/t12-,14-,15?,16?/m1/s1. The molecule has 1 aromatic rings. The zero-order valence-electron chi connectivity index (χ0n) is 11.0. The van der Waals surface area contributed by atoms with Gasteiger partial charge in [-0.25, -0.2) is 0 Å². The Morgan fingerprint density at radius 3 is 2.79 bits per heavy atom. The van der Waals surface area contributed by atoms with E-state index in [4.69, 9.17) is 4.74 Å². The van der Waals surface area contributed by atoms with E-state index in [-0.39, 0.29) is 12.0 Å². The van der Waals surface area contributed by atoms with Gasteiger partial charge in [0.05, 0.1) is 19.3 Å². The second kappa shape index (κ2) is 5.43. The molecule has 0 bridgehead atoms. The number of fused-ring (bicyclic) bond motifs is 1. The van der Waals surface area contributed by atoms with Crippen molar-refractivity contribution in [3.05, 3.63) is 35.9 Å². The van der Waals surface area contributed by atoms with E-state index in [0.717, 1.165) is 12.0 Å². The molecule has 1 N–H and O–H groups in total. The van der Waals surface area contributed by atoms with Gasteiger partial charge < -0.3 is 9.84 Å². The van der Waals surface area contributed by atoms with Crippen molar-refractivity contribution in [2.45, 2.75) is 32.0 Å². The minimum atomic E-state index is -0.293. The lowest BCUT2D eigenvalue weighted by molar-refractivity contribution is -0.118. The zero-order chi connectivity index (χ0) is 13.2. The number of hydrogen-bond acceptors (Lipinski definition) is 3. The first-order valence-electron chi connectivity index (χ1n) is 7.05. The first kappa shape index (κ1) is 12.8. The molecule has 0 aliphatic heterocycles. The van der Waals surface area contributed by atoms with Crippen LogP contribution in [0.15, 0.2) is 30.3 Å². The second-order valence-electron chi connectivity index (χ2n) is 5.84. The van der Waals surface area contributed by atoms with Crippen LogP contribution in [0.1, 0.15) is 24.8 Å². The van der Waals surface area contributed by atoms with Crippen LogP contribution < -0.4 is 0 Å². The maximum Gasteiger partial charge on any atom is 0.133 e. The molecule has 2 aliphatic rings. The van der Waals surface area contributed by atoms with E-state index in [0.29, 0.717) is 43.7 Å². The van der Waals surface area contributed by atoms with E-state index in [9.17, 15) is 9.90 Å². The van der Waals surface area contributed by atoms with Gasteiger partial charge in [-0.1, -0.05) is 30.3 Å². The van der Waals surface area contributed by atoms with E-state index >= 15 is 0 Å². The van der Waals surface area contributed by atoms with Gasteiger partial charge in [0.1, 0.15) is 5.78 Å². The molecule has 2 unspecified atom stereocenters. The molecule has 0 radical (unpaired) electrons. The number of carbonyl (C=O) groups excluding carboxylic acids is 1. The molecule has 0 aromatic heterocycles. The summed E-state index contributed by atoms with van der Waals surface area (Å²) in [6.45, 7) is 1.14. The Labute approximate surface area is 113 Å². The van der Waals surface area contributed by atoms with Crippen LogP contribution in [0.3, 0.4) is 0 Å². The number of benzene rings is 1. The number of Topliss-reactive ketones (excluding diaryl/α,β-unsaturated/α-hetero) is 1. The fourth-order valence-electron chi connectivity index (χ4n) is 3.61. The Balaban J connectivity index is 1.53. The average Bonchev–Trinajstić information content (AvgIpc) is 2.88. The molecule has 3 rings (SSSR count). The van der Waals surface area contributed by atoms with Crippen molar-refractivity contribution in [3.8, 4) is 0 Å². The highest BCUT2D eigenvalue weighted by Gasteiger charge is 2.47. The average molecular weight is 260 g/mol. The van der Waals surface area contributed by atoms with Crippen LogP contribution in [0.2, 0.25) is 0 Å². The van der Waals surface area contributed by atoms with Crippen molar-refractivity contribution in [2.75, 3.05) is 6.61 Å². The van der Waals surface area contributed by atoms with Crippen LogP contribution in [0.25, 0.3) is 0 Å². The predicted octanol–water partition coefficient (Wildman–Crippen LogP) is 2.18. The maximum absolute atomic E-state index is 11.5. The van der Waals surface area contributed by atoms with Crippen LogP contribution in [0.5, 0.6) is 0 Å². The lowest BCUT2D eigenvalue weighted by atomic mass is 9.92. The summed E-state index contributed by atoms with van der Waals surface area (Å²) in [6.07, 6.45) is 1.78. The Morgan fingerprint density at radius 2 is 2.00 bits per heavy atom. The third kappa shape index (κ3) is 2.72.